The smallest absolute Gasteiger partial charge is 0.171 e. The van der Waals surface area contributed by atoms with Crippen LogP contribution in [0.25, 0.3) is 0 Å². The van der Waals surface area contributed by atoms with Crippen LogP contribution in [0.4, 0.5) is 5.69 Å². The highest BCUT2D eigenvalue weighted by atomic mass is 32.1. The van der Waals surface area contributed by atoms with Crippen molar-refractivity contribution in [2.24, 2.45) is 0 Å². The maximum atomic E-state index is 5.46. The minimum absolute atomic E-state index is 0.496. The van der Waals surface area contributed by atoms with Crippen LogP contribution in [0.2, 0.25) is 0 Å². The quantitative estimate of drug-likeness (QED) is 0.727. The lowest BCUT2D eigenvalue weighted by atomic mass is 10.2. The van der Waals surface area contributed by atoms with Gasteiger partial charge in [-0.3, -0.25) is 0 Å². The van der Waals surface area contributed by atoms with Crippen LogP contribution in [-0.4, -0.2) is 24.7 Å². The fraction of sp³-hybridized carbons (Fsp3) is 0.389. The fourth-order valence-corrected chi connectivity index (χ4v) is 4.21. The molecule has 0 unspecified atom stereocenters. The normalized spacial score (nSPS) is 16.2. The molecule has 0 aliphatic carbocycles. The Morgan fingerprint density at radius 1 is 1.22 bits per heavy atom. The van der Waals surface area contributed by atoms with Gasteiger partial charge in [-0.05, 0) is 42.7 Å². The molecule has 3 rings (SSSR count). The standard InChI is InChI=1S/C18H23N3S2/c1-14-6-8-15(9-7-14)20-18(22)19-13-16(17-5-4-12-23-17)21-10-2-3-11-21/h4-9,12,16H,2-3,10-11,13H2,1H3,(H2,19,20,22)/p+1/t16-/m1/s1. The number of likely N-dealkylation sites (tertiary alicyclic amines) is 1. The van der Waals surface area contributed by atoms with E-state index in [1.54, 1.807) is 4.90 Å². The van der Waals surface area contributed by atoms with Crippen molar-refractivity contribution in [3.8, 4) is 0 Å². The molecule has 1 atom stereocenters. The third-order valence-electron chi connectivity index (χ3n) is 4.40. The third-order valence-corrected chi connectivity index (χ3v) is 5.63. The second-order valence-electron chi connectivity index (χ2n) is 6.13. The number of aryl methyl sites for hydroxylation is 1. The minimum Gasteiger partial charge on any atom is -0.356 e. The van der Waals surface area contributed by atoms with Gasteiger partial charge in [0, 0.05) is 18.5 Å². The molecule has 3 N–H and O–H groups in total. The first kappa shape index (κ1) is 16.4. The van der Waals surface area contributed by atoms with E-state index in [9.17, 15) is 0 Å². The van der Waals surface area contributed by atoms with Crippen molar-refractivity contribution in [1.82, 2.24) is 5.32 Å². The van der Waals surface area contributed by atoms with Gasteiger partial charge in [0.25, 0.3) is 0 Å². The molecular formula is C18H24N3S2+. The highest BCUT2D eigenvalue weighted by Gasteiger charge is 2.28. The highest BCUT2D eigenvalue weighted by Crippen LogP contribution is 2.17. The number of hydrogen-bond acceptors (Lipinski definition) is 2. The molecule has 1 saturated heterocycles. The van der Waals surface area contributed by atoms with Crippen LogP contribution in [0.3, 0.4) is 0 Å². The lowest BCUT2D eigenvalue weighted by molar-refractivity contribution is -0.918. The van der Waals surface area contributed by atoms with Crippen molar-refractivity contribution in [3.63, 3.8) is 0 Å². The first-order valence-electron chi connectivity index (χ1n) is 8.22. The van der Waals surface area contributed by atoms with Crippen molar-refractivity contribution in [2.45, 2.75) is 25.8 Å². The lowest BCUT2D eigenvalue weighted by Crippen LogP contribution is -3.11. The zero-order chi connectivity index (χ0) is 16.1. The molecule has 1 fully saturated rings. The topological polar surface area (TPSA) is 28.5 Å². The van der Waals surface area contributed by atoms with Crippen LogP contribution < -0.4 is 15.5 Å². The maximum absolute atomic E-state index is 5.46. The molecule has 0 spiro atoms. The van der Waals surface area contributed by atoms with Crippen LogP contribution in [-0.2, 0) is 0 Å². The average Bonchev–Trinajstić information content (AvgIpc) is 3.24. The summed E-state index contributed by atoms with van der Waals surface area (Å²) in [7, 11) is 0. The Morgan fingerprint density at radius 2 is 1.96 bits per heavy atom. The van der Waals surface area contributed by atoms with E-state index in [1.807, 2.05) is 11.3 Å². The van der Waals surface area contributed by atoms with Crippen LogP contribution in [0.15, 0.2) is 41.8 Å². The van der Waals surface area contributed by atoms with Gasteiger partial charge in [0.2, 0.25) is 0 Å². The Hall–Kier alpha value is -1.43. The first-order chi connectivity index (χ1) is 11.2. The summed E-state index contributed by atoms with van der Waals surface area (Å²) in [5, 5.41) is 9.56. The largest absolute Gasteiger partial charge is 0.356 e. The van der Waals surface area contributed by atoms with Crippen LogP contribution in [0.5, 0.6) is 0 Å². The number of hydrogen-bond donors (Lipinski definition) is 3. The SMILES string of the molecule is Cc1ccc(NC(=S)NC[C@H](c2cccs2)[NH+]2CCCC2)cc1. The zero-order valence-electron chi connectivity index (χ0n) is 13.5. The van der Waals surface area contributed by atoms with E-state index in [0.717, 1.165) is 12.2 Å². The summed E-state index contributed by atoms with van der Waals surface area (Å²) < 4.78 is 0. The van der Waals surface area contributed by atoms with Crippen molar-refractivity contribution in [3.05, 3.63) is 52.2 Å². The molecular weight excluding hydrogens is 322 g/mol. The van der Waals surface area contributed by atoms with E-state index in [2.05, 4.69) is 59.3 Å². The molecule has 122 valence electrons. The maximum Gasteiger partial charge on any atom is 0.171 e. The van der Waals surface area contributed by atoms with Gasteiger partial charge < -0.3 is 15.5 Å². The first-order valence-corrected chi connectivity index (χ1v) is 9.50. The van der Waals surface area contributed by atoms with E-state index >= 15 is 0 Å². The van der Waals surface area contributed by atoms with Crippen molar-refractivity contribution >= 4 is 34.4 Å². The van der Waals surface area contributed by atoms with Gasteiger partial charge in [-0.1, -0.05) is 23.8 Å². The van der Waals surface area contributed by atoms with Gasteiger partial charge in [-0.25, -0.2) is 0 Å². The molecule has 1 aromatic carbocycles. The van der Waals surface area contributed by atoms with E-state index in [4.69, 9.17) is 12.2 Å². The molecule has 1 aliphatic heterocycles. The van der Waals surface area contributed by atoms with E-state index < -0.39 is 0 Å². The Kier molecular flexibility index (Phi) is 5.65. The lowest BCUT2D eigenvalue weighted by Gasteiger charge is -2.24. The Labute approximate surface area is 147 Å². The monoisotopic (exact) mass is 346 g/mol. The summed E-state index contributed by atoms with van der Waals surface area (Å²) in [6.07, 6.45) is 2.67. The summed E-state index contributed by atoms with van der Waals surface area (Å²) in [4.78, 5) is 3.13. The molecule has 0 saturated carbocycles. The molecule has 3 nitrogen and oxygen atoms in total. The van der Waals surface area contributed by atoms with Gasteiger partial charge in [-0.15, -0.1) is 11.3 Å². The van der Waals surface area contributed by atoms with Crippen LogP contribution >= 0.6 is 23.6 Å². The number of anilines is 1. The van der Waals surface area contributed by atoms with Gasteiger partial charge in [0.05, 0.1) is 24.5 Å². The number of thiocarbonyl (C=S) groups is 1. The van der Waals surface area contributed by atoms with E-state index in [0.29, 0.717) is 11.2 Å². The number of nitrogens with one attached hydrogen (secondary N) is 3. The van der Waals surface area contributed by atoms with Crippen molar-refractivity contribution in [2.75, 3.05) is 25.0 Å². The molecule has 1 aromatic heterocycles. The van der Waals surface area contributed by atoms with Gasteiger partial charge in [-0.2, -0.15) is 0 Å². The third kappa shape index (κ3) is 4.53. The van der Waals surface area contributed by atoms with E-state index in [-0.39, 0.29) is 0 Å². The van der Waals surface area contributed by atoms with Crippen molar-refractivity contribution < 1.29 is 4.90 Å². The molecule has 2 heterocycles. The van der Waals surface area contributed by atoms with Gasteiger partial charge in [0.1, 0.15) is 6.04 Å². The predicted octanol–water partition coefficient (Wildman–Crippen LogP) is 2.76. The van der Waals surface area contributed by atoms with Crippen molar-refractivity contribution in [1.29, 1.82) is 0 Å². The summed E-state index contributed by atoms with van der Waals surface area (Å²) in [6.45, 7) is 5.50. The number of benzene rings is 1. The second-order valence-corrected chi connectivity index (χ2v) is 7.52. The number of thiophene rings is 1. The van der Waals surface area contributed by atoms with Gasteiger partial charge >= 0.3 is 0 Å². The Balaban J connectivity index is 1.57. The van der Waals surface area contributed by atoms with Crippen LogP contribution in [0, 0.1) is 6.92 Å². The average molecular weight is 347 g/mol. The molecule has 0 radical (unpaired) electrons. The summed E-state index contributed by atoms with van der Waals surface area (Å²) in [5.41, 5.74) is 2.29. The van der Waals surface area contributed by atoms with E-state index in [1.165, 1.54) is 36.4 Å². The Morgan fingerprint density at radius 3 is 2.61 bits per heavy atom. The molecule has 0 bridgehead atoms. The molecule has 5 heteroatoms. The summed E-state index contributed by atoms with van der Waals surface area (Å²) in [5.74, 6) is 0. The molecule has 2 aromatic rings. The number of quaternary nitrogens is 1. The Bertz CT molecular complexity index is 616. The summed E-state index contributed by atoms with van der Waals surface area (Å²) >= 11 is 7.31. The molecule has 23 heavy (non-hydrogen) atoms. The highest BCUT2D eigenvalue weighted by molar-refractivity contribution is 7.80. The predicted molar refractivity (Wildman–Crippen MR) is 102 cm³/mol. The van der Waals surface area contributed by atoms with Crippen LogP contribution in [0.1, 0.15) is 29.3 Å². The zero-order valence-corrected chi connectivity index (χ0v) is 15.1. The minimum atomic E-state index is 0.496. The molecule has 0 amide bonds. The second kappa shape index (κ2) is 7.90. The molecule has 1 aliphatic rings. The summed E-state index contributed by atoms with van der Waals surface area (Å²) in [6, 6.07) is 13.2. The fourth-order valence-electron chi connectivity index (χ4n) is 3.12. The van der Waals surface area contributed by atoms with Gasteiger partial charge in [0.15, 0.2) is 5.11 Å². The number of rotatable bonds is 5.